The molecule has 0 aromatic rings. The number of carbonyl (C=O) groups excluding carboxylic acids is 1. The van der Waals surface area contributed by atoms with E-state index in [0.717, 1.165) is 0 Å². The van der Waals surface area contributed by atoms with Crippen LogP contribution in [0.5, 0.6) is 0 Å². The van der Waals surface area contributed by atoms with E-state index in [1.807, 2.05) is 14.0 Å². The van der Waals surface area contributed by atoms with E-state index in [9.17, 15) is 4.79 Å². The van der Waals surface area contributed by atoms with Gasteiger partial charge in [-0.25, -0.2) is 0 Å². The van der Waals surface area contributed by atoms with Crippen LogP contribution in [-0.2, 0) is 9.53 Å². The molecule has 0 aliphatic carbocycles. The first-order valence-corrected chi connectivity index (χ1v) is 4.57. The van der Waals surface area contributed by atoms with Gasteiger partial charge >= 0.3 is 0 Å². The van der Waals surface area contributed by atoms with Gasteiger partial charge in [0.15, 0.2) is 0 Å². The maximum absolute atomic E-state index is 11.2. The van der Waals surface area contributed by atoms with Gasteiger partial charge in [-0.1, -0.05) is 0 Å². The van der Waals surface area contributed by atoms with E-state index in [-0.39, 0.29) is 12.0 Å². The van der Waals surface area contributed by atoms with E-state index < -0.39 is 0 Å². The van der Waals surface area contributed by atoms with Gasteiger partial charge in [0, 0.05) is 20.2 Å². The molecule has 2 atom stereocenters. The number of ether oxygens (including phenoxy) is 1. The lowest BCUT2D eigenvalue weighted by Gasteiger charge is -2.27. The zero-order valence-corrected chi connectivity index (χ0v) is 8.78. The number of amides is 1. The number of carbonyl (C=O) groups is 1. The van der Waals surface area contributed by atoms with Crippen LogP contribution in [-0.4, -0.2) is 55.2 Å². The Kier molecular flexibility index (Phi) is 3.27. The zero-order valence-electron chi connectivity index (χ0n) is 8.78. The Labute approximate surface area is 79.4 Å². The van der Waals surface area contributed by atoms with Crippen LogP contribution in [0.25, 0.3) is 0 Å². The monoisotopic (exact) mass is 186 g/mol. The fourth-order valence-corrected chi connectivity index (χ4v) is 1.46. The minimum atomic E-state index is 0.166. The van der Waals surface area contributed by atoms with E-state index in [2.05, 4.69) is 11.8 Å². The third kappa shape index (κ3) is 2.19. The van der Waals surface area contributed by atoms with Gasteiger partial charge in [-0.3, -0.25) is 9.69 Å². The Hall–Kier alpha value is -0.610. The second kappa shape index (κ2) is 4.07. The minimum Gasteiger partial charge on any atom is -0.380 e. The fourth-order valence-electron chi connectivity index (χ4n) is 1.46. The van der Waals surface area contributed by atoms with E-state index in [1.165, 1.54) is 0 Å². The Balaban J connectivity index is 2.50. The molecule has 4 heteroatoms. The van der Waals surface area contributed by atoms with Gasteiger partial charge in [0.2, 0.25) is 5.91 Å². The topological polar surface area (TPSA) is 32.8 Å². The summed E-state index contributed by atoms with van der Waals surface area (Å²) >= 11 is 0. The maximum Gasteiger partial charge on any atom is 0.237 e. The highest BCUT2D eigenvalue weighted by Gasteiger charge is 2.30. The SMILES string of the molecule is COC(C)C(C)N1CC(=O)N(C)C1. The van der Waals surface area contributed by atoms with E-state index >= 15 is 0 Å². The molecule has 1 aliphatic rings. The quantitative estimate of drug-likeness (QED) is 0.628. The Bertz CT molecular complexity index is 196. The molecule has 0 radical (unpaired) electrons. The molecular weight excluding hydrogens is 168 g/mol. The van der Waals surface area contributed by atoms with Crippen molar-refractivity contribution in [3.05, 3.63) is 0 Å². The first-order chi connectivity index (χ1) is 6.06. The van der Waals surface area contributed by atoms with Gasteiger partial charge in [0.25, 0.3) is 0 Å². The molecule has 0 bridgehead atoms. The van der Waals surface area contributed by atoms with Gasteiger partial charge in [-0.2, -0.15) is 0 Å². The molecule has 0 saturated carbocycles. The standard InChI is InChI=1S/C9H18N2O2/c1-7(8(2)13-4)11-5-9(12)10(3)6-11/h7-8H,5-6H2,1-4H3. The number of hydrogen-bond donors (Lipinski definition) is 0. The molecular formula is C9H18N2O2. The second-order valence-electron chi connectivity index (χ2n) is 3.66. The summed E-state index contributed by atoms with van der Waals surface area (Å²) in [6.45, 7) is 5.34. The summed E-state index contributed by atoms with van der Waals surface area (Å²) in [4.78, 5) is 15.1. The normalized spacial score (nSPS) is 23.7. The molecule has 2 unspecified atom stereocenters. The molecule has 4 nitrogen and oxygen atoms in total. The van der Waals surface area contributed by atoms with Gasteiger partial charge in [-0.15, -0.1) is 0 Å². The molecule has 0 spiro atoms. The highest BCUT2D eigenvalue weighted by molar-refractivity contribution is 5.79. The minimum absolute atomic E-state index is 0.166. The molecule has 1 saturated heterocycles. The van der Waals surface area contributed by atoms with E-state index in [0.29, 0.717) is 19.3 Å². The Morgan fingerprint density at radius 2 is 2.08 bits per heavy atom. The van der Waals surface area contributed by atoms with E-state index in [1.54, 1.807) is 12.0 Å². The van der Waals surface area contributed by atoms with Crippen molar-refractivity contribution in [2.24, 2.45) is 0 Å². The van der Waals surface area contributed by atoms with Gasteiger partial charge in [-0.05, 0) is 13.8 Å². The summed E-state index contributed by atoms with van der Waals surface area (Å²) in [7, 11) is 3.52. The fraction of sp³-hybridized carbons (Fsp3) is 0.889. The van der Waals surface area contributed by atoms with Crippen molar-refractivity contribution < 1.29 is 9.53 Å². The van der Waals surface area contributed by atoms with Crippen LogP contribution in [0.3, 0.4) is 0 Å². The molecule has 1 amide bonds. The lowest BCUT2D eigenvalue weighted by molar-refractivity contribution is -0.125. The molecule has 1 heterocycles. The molecule has 1 fully saturated rings. The third-order valence-electron chi connectivity index (χ3n) is 2.78. The first kappa shape index (κ1) is 10.5. The molecule has 0 N–H and O–H groups in total. The third-order valence-corrected chi connectivity index (χ3v) is 2.78. The number of hydrogen-bond acceptors (Lipinski definition) is 3. The van der Waals surface area contributed by atoms with Crippen LogP contribution in [0.2, 0.25) is 0 Å². The van der Waals surface area contributed by atoms with Gasteiger partial charge < -0.3 is 9.64 Å². The molecule has 1 aliphatic heterocycles. The highest BCUT2D eigenvalue weighted by atomic mass is 16.5. The summed E-state index contributed by atoms with van der Waals surface area (Å²) in [5.41, 5.74) is 0. The van der Waals surface area contributed by atoms with Crippen LogP contribution < -0.4 is 0 Å². The first-order valence-electron chi connectivity index (χ1n) is 4.57. The van der Waals surface area contributed by atoms with Crippen LogP contribution in [0.4, 0.5) is 0 Å². The van der Waals surface area contributed by atoms with E-state index in [4.69, 9.17) is 4.74 Å². The molecule has 1 rings (SSSR count). The summed E-state index contributed by atoms with van der Waals surface area (Å²) in [5, 5.41) is 0. The van der Waals surface area contributed by atoms with Crippen molar-refractivity contribution in [2.75, 3.05) is 27.4 Å². The lowest BCUT2D eigenvalue weighted by atomic mass is 10.2. The summed E-state index contributed by atoms with van der Waals surface area (Å²) < 4.78 is 5.22. The van der Waals surface area contributed by atoms with Crippen LogP contribution in [0.1, 0.15) is 13.8 Å². The molecule has 13 heavy (non-hydrogen) atoms. The summed E-state index contributed by atoms with van der Waals surface area (Å²) in [6.07, 6.45) is 0.166. The van der Waals surface area contributed by atoms with Crippen molar-refractivity contribution in [2.45, 2.75) is 26.0 Å². The van der Waals surface area contributed by atoms with Gasteiger partial charge in [0.05, 0.1) is 19.3 Å². The highest BCUT2D eigenvalue weighted by Crippen LogP contribution is 2.12. The number of nitrogens with zero attached hydrogens (tertiary/aromatic N) is 2. The Morgan fingerprint density at radius 1 is 1.46 bits per heavy atom. The molecule has 0 aromatic heterocycles. The number of likely N-dealkylation sites (N-methyl/N-ethyl adjacent to an activating group) is 1. The van der Waals surface area contributed by atoms with Crippen molar-refractivity contribution in [3.8, 4) is 0 Å². The smallest absolute Gasteiger partial charge is 0.237 e. The van der Waals surface area contributed by atoms with Crippen molar-refractivity contribution >= 4 is 5.91 Å². The number of methoxy groups -OCH3 is 1. The van der Waals surface area contributed by atoms with Gasteiger partial charge in [0.1, 0.15) is 0 Å². The second-order valence-corrected chi connectivity index (χ2v) is 3.66. The van der Waals surface area contributed by atoms with Crippen molar-refractivity contribution in [3.63, 3.8) is 0 Å². The number of rotatable bonds is 3. The largest absolute Gasteiger partial charge is 0.380 e. The predicted molar refractivity (Wildman–Crippen MR) is 50.3 cm³/mol. The average Bonchev–Trinajstić information content (AvgIpc) is 2.44. The predicted octanol–water partition coefficient (Wildman–Crippen LogP) is 0.141. The Morgan fingerprint density at radius 3 is 2.46 bits per heavy atom. The van der Waals surface area contributed by atoms with Crippen molar-refractivity contribution in [1.82, 2.24) is 9.80 Å². The van der Waals surface area contributed by atoms with Crippen LogP contribution in [0, 0.1) is 0 Å². The maximum atomic E-state index is 11.2. The summed E-state index contributed by atoms with van der Waals surface area (Å²) in [6, 6.07) is 0.291. The van der Waals surface area contributed by atoms with Crippen LogP contribution in [0.15, 0.2) is 0 Å². The van der Waals surface area contributed by atoms with Crippen molar-refractivity contribution in [1.29, 1.82) is 0 Å². The summed E-state index contributed by atoms with van der Waals surface area (Å²) in [5.74, 6) is 0.190. The zero-order chi connectivity index (χ0) is 10.0. The molecule has 76 valence electrons. The average molecular weight is 186 g/mol. The lowest BCUT2D eigenvalue weighted by Crippen LogP contribution is -2.40. The van der Waals surface area contributed by atoms with Crippen LogP contribution >= 0.6 is 0 Å². The molecule has 0 aromatic carbocycles.